The molecular weight excluding hydrogens is 228 g/mol. The Morgan fingerprint density at radius 2 is 2.17 bits per heavy atom. The van der Waals surface area contributed by atoms with Gasteiger partial charge >= 0.3 is 5.97 Å². The molecule has 1 aliphatic carbocycles. The van der Waals surface area contributed by atoms with Gasteiger partial charge in [0.15, 0.2) is 0 Å². The van der Waals surface area contributed by atoms with Gasteiger partial charge in [-0.05, 0) is 50.2 Å². The van der Waals surface area contributed by atoms with Gasteiger partial charge in [-0.3, -0.25) is 0 Å². The highest BCUT2D eigenvalue weighted by Crippen LogP contribution is 2.33. The van der Waals surface area contributed by atoms with Gasteiger partial charge in [0.2, 0.25) is 0 Å². The van der Waals surface area contributed by atoms with E-state index in [1.165, 1.54) is 5.56 Å². The quantitative estimate of drug-likeness (QED) is 0.848. The Labute approximate surface area is 105 Å². The molecule has 3 rings (SSSR count). The second-order valence-electron chi connectivity index (χ2n) is 5.16. The zero-order valence-electron chi connectivity index (χ0n) is 10.5. The summed E-state index contributed by atoms with van der Waals surface area (Å²) in [5.74, 6) is -0.835. The number of likely N-dealkylation sites (N-methyl/N-ethyl adjacent to an activating group) is 1. The fourth-order valence-electron chi connectivity index (χ4n) is 2.87. The van der Waals surface area contributed by atoms with Crippen LogP contribution in [0.25, 0.3) is 10.9 Å². The van der Waals surface area contributed by atoms with E-state index >= 15 is 0 Å². The molecule has 1 unspecified atom stereocenters. The number of H-pyrrole nitrogens is 1. The zero-order chi connectivity index (χ0) is 12.9. The summed E-state index contributed by atoms with van der Waals surface area (Å²) in [6, 6.07) is 3.94. The standard InChI is InChI=1S/C14H16N2O2/c1-16(2)9-5-8-7-15-12-4-3-10(14(17)18)11(6-9)13(8)12/h3-4,7,9,15H,5-6H2,1-2H3,(H,17,18). The van der Waals surface area contributed by atoms with E-state index in [9.17, 15) is 9.90 Å². The normalized spacial score (nSPS) is 18.5. The van der Waals surface area contributed by atoms with Crippen molar-refractivity contribution < 1.29 is 9.90 Å². The average molecular weight is 244 g/mol. The van der Waals surface area contributed by atoms with Crippen LogP contribution in [0.15, 0.2) is 18.3 Å². The third kappa shape index (κ3) is 1.53. The lowest BCUT2D eigenvalue weighted by Crippen LogP contribution is -2.34. The first-order chi connectivity index (χ1) is 8.58. The minimum Gasteiger partial charge on any atom is -0.478 e. The molecule has 0 spiro atoms. The van der Waals surface area contributed by atoms with E-state index in [0.717, 1.165) is 29.3 Å². The molecule has 0 radical (unpaired) electrons. The number of benzene rings is 1. The van der Waals surface area contributed by atoms with Crippen LogP contribution in [0.1, 0.15) is 21.5 Å². The van der Waals surface area contributed by atoms with E-state index in [1.54, 1.807) is 6.07 Å². The van der Waals surface area contributed by atoms with Crippen LogP contribution >= 0.6 is 0 Å². The first-order valence-corrected chi connectivity index (χ1v) is 6.09. The van der Waals surface area contributed by atoms with Crippen molar-refractivity contribution in [1.82, 2.24) is 9.88 Å². The Morgan fingerprint density at radius 1 is 1.39 bits per heavy atom. The number of rotatable bonds is 2. The summed E-state index contributed by atoms with van der Waals surface area (Å²) in [6.07, 6.45) is 3.79. The maximum absolute atomic E-state index is 11.3. The molecule has 1 aromatic carbocycles. The molecule has 4 heteroatoms. The highest BCUT2D eigenvalue weighted by molar-refractivity contribution is 5.98. The van der Waals surface area contributed by atoms with Crippen LogP contribution in [0, 0.1) is 0 Å². The highest BCUT2D eigenvalue weighted by Gasteiger charge is 2.26. The molecule has 1 heterocycles. The van der Waals surface area contributed by atoms with Crippen molar-refractivity contribution in [2.45, 2.75) is 18.9 Å². The Balaban J connectivity index is 2.24. The van der Waals surface area contributed by atoms with Crippen molar-refractivity contribution >= 4 is 16.9 Å². The predicted octanol–water partition coefficient (Wildman–Crippen LogP) is 1.89. The maximum Gasteiger partial charge on any atom is 0.335 e. The lowest BCUT2D eigenvalue weighted by molar-refractivity contribution is 0.0695. The lowest BCUT2D eigenvalue weighted by Gasteiger charge is -2.29. The molecule has 0 saturated heterocycles. The van der Waals surface area contributed by atoms with Crippen LogP contribution in [0.4, 0.5) is 0 Å². The number of hydrogen-bond donors (Lipinski definition) is 2. The summed E-state index contributed by atoms with van der Waals surface area (Å²) in [6.45, 7) is 0. The summed E-state index contributed by atoms with van der Waals surface area (Å²) in [5.41, 5.74) is 3.69. The fourth-order valence-corrected chi connectivity index (χ4v) is 2.87. The zero-order valence-corrected chi connectivity index (χ0v) is 10.5. The van der Waals surface area contributed by atoms with Gasteiger partial charge in [-0.15, -0.1) is 0 Å². The fraction of sp³-hybridized carbons (Fsp3) is 0.357. The molecule has 0 fully saturated rings. The van der Waals surface area contributed by atoms with Gasteiger partial charge in [0.1, 0.15) is 0 Å². The second-order valence-corrected chi connectivity index (χ2v) is 5.16. The van der Waals surface area contributed by atoms with Crippen LogP contribution in [0.3, 0.4) is 0 Å². The summed E-state index contributed by atoms with van der Waals surface area (Å²) in [7, 11) is 4.09. The molecular formula is C14H16N2O2. The highest BCUT2D eigenvalue weighted by atomic mass is 16.4. The number of nitrogens with one attached hydrogen (secondary N) is 1. The monoisotopic (exact) mass is 244 g/mol. The molecule has 94 valence electrons. The largest absolute Gasteiger partial charge is 0.478 e. The van der Waals surface area contributed by atoms with Crippen molar-refractivity contribution in [2.24, 2.45) is 0 Å². The minimum absolute atomic E-state index is 0.372. The van der Waals surface area contributed by atoms with Gasteiger partial charge in [0, 0.05) is 23.1 Å². The van der Waals surface area contributed by atoms with Crippen molar-refractivity contribution in [3.63, 3.8) is 0 Å². The third-order valence-electron chi connectivity index (χ3n) is 3.89. The Kier molecular flexibility index (Phi) is 2.41. The van der Waals surface area contributed by atoms with E-state index in [0.29, 0.717) is 11.6 Å². The van der Waals surface area contributed by atoms with Gasteiger partial charge in [0.25, 0.3) is 0 Å². The van der Waals surface area contributed by atoms with E-state index in [-0.39, 0.29) is 0 Å². The summed E-state index contributed by atoms with van der Waals surface area (Å²) >= 11 is 0. The first kappa shape index (κ1) is 11.3. The van der Waals surface area contributed by atoms with Crippen LogP contribution in [0.5, 0.6) is 0 Å². The van der Waals surface area contributed by atoms with Crippen molar-refractivity contribution in [1.29, 1.82) is 0 Å². The van der Waals surface area contributed by atoms with Gasteiger partial charge < -0.3 is 15.0 Å². The van der Waals surface area contributed by atoms with E-state index in [4.69, 9.17) is 0 Å². The van der Waals surface area contributed by atoms with Gasteiger partial charge in [-0.2, -0.15) is 0 Å². The number of carboxylic acid groups (broad SMARTS) is 1. The first-order valence-electron chi connectivity index (χ1n) is 6.09. The molecule has 2 aromatic rings. The molecule has 18 heavy (non-hydrogen) atoms. The van der Waals surface area contributed by atoms with Crippen LogP contribution in [-0.2, 0) is 12.8 Å². The van der Waals surface area contributed by atoms with E-state index in [1.807, 2.05) is 26.4 Å². The van der Waals surface area contributed by atoms with E-state index < -0.39 is 5.97 Å². The average Bonchev–Trinajstić information content (AvgIpc) is 2.74. The van der Waals surface area contributed by atoms with Gasteiger partial charge in [0.05, 0.1) is 5.56 Å². The van der Waals surface area contributed by atoms with Crippen LogP contribution in [0.2, 0.25) is 0 Å². The Bertz CT molecular complexity index is 628. The van der Waals surface area contributed by atoms with Gasteiger partial charge in [-0.1, -0.05) is 0 Å². The van der Waals surface area contributed by atoms with Crippen LogP contribution in [-0.4, -0.2) is 41.1 Å². The third-order valence-corrected chi connectivity index (χ3v) is 3.89. The number of aromatic nitrogens is 1. The molecule has 2 N–H and O–H groups in total. The number of aromatic amines is 1. The topological polar surface area (TPSA) is 56.3 Å². The lowest BCUT2D eigenvalue weighted by atomic mass is 9.86. The SMILES string of the molecule is CN(C)C1Cc2c[nH]c3ccc(C(=O)O)c(c23)C1. The summed E-state index contributed by atoms with van der Waals surface area (Å²) < 4.78 is 0. The number of carboxylic acids is 1. The molecule has 0 aliphatic heterocycles. The minimum atomic E-state index is -0.835. The molecule has 0 bridgehead atoms. The summed E-state index contributed by atoms with van der Waals surface area (Å²) in [4.78, 5) is 16.7. The van der Waals surface area contributed by atoms with Crippen molar-refractivity contribution in [3.8, 4) is 0 Å². The molecule has 0 amide bonds. The summed E-state index contributed by atoms with van der Waals surface area (Å²) in [5, 5.41) is 10.4. The second kappa shape index (κ2) is 3.85. The molecule has 1 aromatic heterocycles. The number of hydrogen-bond acceptors (Lipinski definition) is 2. The van der Waals surface area contributed by atoms with Crippen molar-refractivity contribution in [2.75, 3.05) is 14.1 Å². The Morgan fingerprint density at radius 3 is 2.83 bits per heavy atom. The molecule has 1 aliphatic rings. The van der Waals surface area contributed by atoms with Crippen molar-refractivity contribution in [3.05, 3.63) is 35.0 Å². The molecule has 0 saturated carbocycles. The van der Waals surface area contributed by atoms with E-state index in [2.05, 4.69) is 9.88 Å². The van der Waals surface area contributed by atoms with Gasteiger partial charge in [-0.25, -0.2) is 4.79 Å². The Hall–Kier alpha value is -1.81. The number of aromatic carboxylic acids is 1. The predicted molar refractivity (Wildman–Crippen MR) is 70.1 cm³/mol. The maximum atomic E-state index is 11.3. The van der Waals surface area contributed by atoms with Crippen LogP contribution < -0.4 is 0 Å². The number of carbonyl (C=O) groups is 1. The molecule has 4 nitrogen and oxygen atoms in total. The smallest absolute Gasteiger partial charge is 0.335 e. The number of nitrogens with zero attached hydrogens (tertiary/aromatic N) is 1. The molecule has 1 atom stereocenters.